The van der Waals surface area contributed by atoms with Crippen molar-refractivity contribution in [3.63, 3.8) is 0 Å². The van der Waals surface area contributed by atoms with Gasteiger partial charge in [0.25, 0.3) is 0 Å². The Morgan fingerprint density at radius 3 is 3.20 bits per heavy atom. The normalized spacial score (nSPS) is 28.4. The van der Waals surface area contributed by atoms with Crippen molar-refractivity contribution in [2.75, 3.05) is 19.8 Å². The number of esters is 1. The minimum absolute atomic E-state index is 0.172. The van der Waals surface area contributed by atoms with E-state index in [2.05, 4.69) is 0 Å². The van der Waals surface area contributed by atoms with Crippen LogP contribution in [0.1, 0.15) is 29.3 Å². The van der Waals surface area contributed by atoms with E-state index >= 15 is 0 Å². The highest BCUT2D eigenvalue weighted by molar-refractivity contribution is 8.01. The summed E-state index contributed by atoms with van der Waals surface area (Å²) in [4.78, 5) is 12.8. The largest absolute Gasteiger partial charge is 0.462 e. The van der Waals surface area contributed by atoms with E-state index < -0.39 is 10.9 Å². The van der Waals surface area contributed by atoms with Gasteiger partial charge in [-0.15, -0.1) is 11.8 Å². The van der Waals surface area contributed by atoms with E-state index in [0.717, 1.165) is 10.5 Å². The number of fused-ring (bicyclic) bond motifs is 1. The van der Waals surface area contributed by atoms with Crippen LogP contribution in [-0.4, -0.2) is 36.7 Å². The highest BCUT2D eigenvalue weighted by atomic mass is 32.2. The monoisotopic (exact) mass is 296 g/mol. The highest BCUT2D eigenvalue weighted by Crippen LogP contribution is 2.51. The first-order valence-electron chi connectivity index (χ1n) is 6.85. The molecule has 1 fully saturated rings. The van der Waals surface area contributed by atoms with Crippen molar-refractivity contribution in [3.05, 3.63) is 29.3 Å². The van der Waals surface area contributed by atoms with E-state index in [-0.39, 0.29) is 12.6 Å². The van der Waals surface area contributed by atoms with E-state index in [9.17, 15) is 9.18 Å². The van der Waals surface area contributed by atoms with Crippen LogP contribution < -0.4 is 0 Å². The molecule has 5 heteroatoms. The van der Waals surface area contributed by atoms with E-state index in [1.807, 2.05) is 12.1 Å². The van der Waals surface area contributed by atoms with Crippen LogP contribution in [0.15, 0.2) is 23.1 Å². The number of carbonyl (C=O) groups excluding carboxylic acids is 1. The summed E-state index contributed by atoms with van der Waals surface area (Å²) in [5.74, 6) is -0.315. The second kappa shape index (κ2) is 5.37. The summed E-state index contributed by atoms with van der Waals surface area (Å²) >= 11 is 1.59. The molecule has 3 rings (SSSR count). The smallest absolute Gasteiger partial charge is 0.338 e. The van der Waals surface area contributed by atoms with Gasteiger partial charge in [-0.3, -0.25) is 0 Å². The Kier molecular flexibility index (Phi) is 3.73. The van der Waals surface area contributed by atoms with E-state index in [1.54, 1.807) is 24.8 Å². The molecule has 0 radical (unpaired) electrons. The molecule has 0 N–H and O–H groups in total. The molecular formula is C15H17FO3S. The molecule has 2 unspecified atom stereocenters. The maximum atomic E-state index is 14.3. The number of hydrogen-bond acceptors (Lipinski definition) is 4. The molecule has 2 atom stereocenters. The summed E-state index contributed by atoms with van der Waals surface area (Å²) in [6.07, 6.45) is 0.409. The van der Waals surface area contributed by atoms with Gasteiger partial charge >= 0.3 is 5.97 Å². The second-order valence-corrected chi connectivity index (χ2v) is 6.64. The van der Waals surface area contributed by atoms with Crippen LogP contribution in [0.3, 0.4) is 0 Å². The average Bonchev–Trinajstić information content (AvgIpc) is 2.80. The molecule has 1 spiro atoms. The highest BCUT2D eigenvalue weighted by Gasteiger charge is 2.47. The molecule has 3 nitrogen and oxygen atoms in total. The minimum Gasteiger partial charge on any atom is -0.462 e. The van der Waals surface area contributed by atoms with E-state index in [0.29, 0.717) is 31.6 Å². The fourth-order valence-corrected chi connectivity index (χ4v) is 4.24. The van der Waals surface area contributed by atoms with Gasteiger partial charge in [-0.2, -0.15) is 0 Å². The molecule has 2 aliphatic heterocycles. The number of hydrogen-bond donors (Lipinski definition) is 0. The predicted molar refractivity (Wildman–Crippen MR) is 75.0 cm³/mol. The first-order chi connectivity index (χ1) is 9.64. The Morgan fingerprint density at radius 1 is 1.60 bits per heavy atom. The quantitative estimate of drug-likeness (QED) is 0.786. The van der Waals surface area contributed by atoms with Gasteiger partial charge in [0, 0.05) is 11.5 Å². The van der Waals surface area contributed by atoms with Gasteiger partial charge in [-0.1, -0.05) is 0 Å². The fraction of sp³-hybridized carbons (Fsp3) is 0.533. The summed E-state index contributed by atoms with van der Waals surface area (Å²) in [6.45, 7) is 2.92. The third-order valence-electron chi connectivity index (χ3n) is 3.88. The molecule has 1 aromatic rings. The average molecular weight is 296 g/mol. The van der Waals surface area contributed by atoms with Crippen molar-refractivity contribution in [2.24, 2.45) is 0 Å². The summed E-state index contributed by atoms with van der Waals surface area (Å²) < 4.78 is 24.0. The maximum Gasteiger partial charge on any atom is 0.338 e. The van der Waals surface area contributed by atoms with Crippen LogP contribution in [0.25, 0.3) is 0 Å². The Bertz CT molecular complexity index is 534. The molecule has 1 aromatic carbocycles. The third-order valence-corrected chi connectivity index (χ3v) is 5.51. The lowest BCUT2D eigenvalue weighted by Gasteiger charge is -2.35. The molecule has 2 heterocycles. The Hall–Kier alpha value is -1.07. The van der Waals surface area contributed by atoms with Crippen LogP contribution in [0.2, 0.25) is 0 Å². The first-order valence-corrected chi connectivity index (χ1v) is 7.67. The number of rotatable bonds is 2. The van der Waals surface area contributed by atoms with Gasteiger partial charge in [0.1, 0.15) is 6.17 Å². The molecule has 0 aliphatic carbocycles. The van der Waals surface area contributed by atoms with E-state index in [4.69, 9.17) is 9.47 Å². The first kappa shape index (κ1) is 13.9. The van der Waals surface area contributed by atoms with Crippen molar-refractivity contribution < 1.29 is 18.7 Å². The van der Waals surface area contributed by atoms with Crippen molar-refractivity contribution in [1.29, 1.82) is 0 Å². The Morgan fingerprint density at radius 2 is 2.45 bits per heavy atom. The number of ether oxygens (including phenoxy) is 2. The van der Waals surface area contributed by atoms with Crippen LogP contribution in [0, 0.1) is 0 Å². The molecule has 1 saturated heterocycles. The van der Waals surface area contributed by atoms with Gasteiger partial charge < -0.3 is 9.47 Å². The lowest BCUT2D eigenvalue weighted by Crippen LogP contribution is -2.44. The van der Waals surface area contributed by atoms with Gasteiger partial charge in [0.15, 0.2) is 0 Å². The fourth-order valence-electron chi connectivity index (χ4n) is 2.79. The Balaban J connectivity index is 1.84. The van der Waals surface area contributed by atoms with Crippen LogP contribution in [-0.2, 0) is 15.9 Å². The number of benzene rings is 1. The third kappa shape index (κ3) is 2.33. The molecular weight excluding hydrogens is 279 g/mol. The second-order valence-electron chi connectivity index (χ2n) is 5.18. The summed E-state index contributed by atoms with van der Waals surface area (Å²) in [7, 11) is 0. The van der Waals surface area contributed by atoms with Gasteiger partial charge in [0.05, 0.1) is 23.5 Å². The molecule has 0 saturated carbocycles. The van der Waals surface area contributed by atoms with Crippen molar-refractivity contribution in [1.82, 2.24) is 0 Å². The predicted octanol–water partition coefficient (Wildman–Crippen LogP) is 3.01. The molecule has 0 amide bonds. The lowest BCUT2D eigenvalue weighted by molar-refractivity contribution is 0.0133. The van der Waals surface area contributed by atoms with Crippen molar-refractivity contribution in [2.45, 2.75) is 35.6 Å². The maximum absolute atomic E-state index is 14.3. The summed E-state index contributed by atoms with van der Waals surface area (Å²) in [5.41, 5.74) is 1.59. The minimum atomic E-state index is -0.959. The number of thioether (sulfide) groups is 1. The van der Waals surface area contributed by atoms with Crippen LogP contribution >= 0.6 is 11.8 Å². The van der Waals surface area contributed by atoms with Crippen LogP contribution in [0.5, 0.6) is 0 Å². The zero-order valence-electron chi connectivity index (χ0n) is 11.4. The summed E-state index contributed by atoms with van der Waals surface area (Å²) in [5, 5.41) is 0. The van der Waals surface area contributed by atoms with Crippen LogP contribution in [0.4, 0.5) is 4.39 Å². The van der Waals surface area contributed by atoms with Gasteiger partial charge in [-0.05, 0) is 43.5 Å². The number of halogens is 1. The Labute approximate surface area is 121 Å². The van der Waals surface area contributed by atoms with Crippen molar-refractivity contribution >= 4 is 17.7 Å². The topological polar surface area (TPSA) is 35.5 Å². The molecule has 2 aliphatic rings. The van der Waals surface area contributed by atoms with E-state index in [1.165, 1.54) is 0 Å². The molecule has 20 heavy (non-hydrogen) atoms. The number of carbonyl (C=O) groups is 1. The standard InChI is InChI=1S/C15H17FO3S/c1-2-19-14(17)10-3-4-12-11(7-10)8-15(20-12)5-6-18-9-13(15)16/h3-4,7,13H,2,5-6,8-9H2,1H3. The zero-order valence-corrected chi connectivity index (χ0v) is 12.2. The van der Waals surface area contributed by atoms with Crippen molar-refractivity contribution in [3.8, 4) is 0 Å². The zero-order chi connectivity index (χ0) is 14.2. The van der Waals surface area contributed by atoms with Gasteiger partial charge in [0.2, 0.25) is 0 Å². The molecule has 0 bridgehead atoms. The van der Waals surface area contributed by atoms with Gasteiger partial charge in [-0.25, -0.2) is 9.18 Å². The molecule has 0 aromatic heterocycles. The summed E-state index contributed by atoms with van der Waals surface area (Å²) in [6, 6.07) is 5.51. The molecule has 108 valence electrons. The number of alkyl halides is 1. The SMILES string of the molecule is CCOC(=O)c1ccc2c(c1)CC1(CCOCC1F)S2. The lowest BCUT2D eigenvalue weighted by atomic mass is 9.90.